The van der Waals surface area contributed by atoms with Crippen molar-refractivity contribution in [3.05, 3.63) is 201 Å². The Morgan fingerprint density at radius 1 is 0.660 bits per heavy atom. The summed E-state index contributed by atoms with van der Waals surface area (Å²) in [7, 11) is 0. The summed E-state index contributed by atoms with van der Waals surface area (Å²) >= 11 is 0. The van der Waals surface area contributed by atoms with Crippen LogP contribution in [0.25, 0.3) is 50.5 Å². The van der Waals surface area contributed by atoms with Gasteiger partial charge in [-0.05, 0) is 67.8 Å². The van der Waals surface area contributed by atoms with Crippen molar-refractivity contribution in [2.24, 2.45) is 0 Å². The smallest absolute Gasteiger partial charge is 0.160 e. The first-order chi connectivity index (χ1) is 26.1. The van der Waals surface area contributed by atoms with Crippen molar-refractivity contribution in [1.82, 2.24) is 14.5 Å². The van der Waals surface area contributed by atoms with Crippen LogP contribution in [0.3, 0.4) is 0 Å². The Balaban J connectivity index is 0.00000236. The first-order valence-corrected chi connectivity index (χ1v) is 18.0. The summed E-state index contributed by atoms with van der Waals surface area (Å²) in [5.74, 6) is 0.689. The molecule has 0 radical (unpaired) electrons. The van der Waals surface area contributed by atoms with E-state index >= 15 is 0 Å². The molecule has 0 aliphatic heterocycles. The van der Waals surface area contributed by atoms with E-state index in [4.69, 9.17) is 9.97 Å². The number of hydrogen-bond acceptors (Lipinski definition) is 3. The van der Waals surface area contributed by atoms with Gasteiger partial charge in [-0.3, -0.25) is 0 Å². The van der Waals surface area contributed by atoms with Crippen LogP contribution in [0.5, 0.6) is 0 Å². The lowest BCUT2D eigenvalue weighted by Crippen LogP contribution is -2.19. The second-order valence-corrected chi connectivity index (χ2v) is 12.7. The molecule has 0 aliphatic carbocycles. The first kappa shape index (κ1) is 36.3. The monoisotopic (exact) mass is 690 g/mol. The van der Waals surface area contributed by atoms with Gasteiger partial charge in [0.05, 0.1) is 16.9 Å². The van der Waals surface area contributed by atoms with E-state index in [9.17, 15) is 0 Å². The van der Waals surface area contributed by atoms with Crippen LogP contribution in [0.15, 0.2) is 184 Å². The molecule has 0 atom stereocenters. The average Bonchev–Trinajstić information content (AvgIpc) is 3.51. The van der Waals surface area contributed by atoms with Gasteiger partial charge in [0.15, 0.2) is 5.82 Å². The molecule has 7 aromatic rings. The Kier molecular flexibility index (Phi) is 11.7. The minimum Gasteiger partial charge on any atom is -0.337 e. The molecular weight excluding hydrogens is 645 g/mol. The van der Waals surface area contributed by atoms with Gasteiger partial charge in [0, 0.05) is 57.8 Å². The Morgan fingerprint density at radius 2 is 1.30 bits per heavy atom. The van der Waals surface area contributed by atoms with Crippen molar-refractivity contribution >= 4 is 22.3 Å². The summed E-state index contributed by atoms with van der Waals surface area (Å²) in [6, 6.07) is 46.8. The number of aromatic nitrogens is 3. The molecule has 2 aromatic heterocycles. The van der Waals surface area contributed by atoms with Crippen LogP contribution >= 0.6 is 0 Å². The molecule has 0 N–H and O–H groups in total. The second-order valence-electron chi connectivity index (χ2n) is 12.7. The fourth-order valence-electron chi connectivity index (χ4n) is 6.89. The summed E-state index contributed by atoms with van der Waals surface area (Å²) in [6.45, 7) is 19.2. The molecule has 0 amide bonds. The summed E-state index contributed by atoms with van der Waals surface area (Å²) in [6.07, 6.45) is 9.88. The van der Waals surface area contributed by atoms with Gasteiger partial charge in [-0.25, -0.2) is 9.97 Å². The third-order valence-electron chi connectivity index (χ3n) is 9.35. The number of rotatable bonds is 12. The normalized spacial score (nSPS) is 10.9. The molecule has 262 valence electrons. The topological polar surface area (TPSA) is 34.0 Å². The number of para-hydroxylation sites is 2. The molecule has 0 saturated carbocycles. The van der Waals surface area contributed by atoms with Crippen LogP contribution in [0, 0.1) is 6.92 Å². The molecule has 7 rings (SSSR count). The lowest BCUT2D eigenvalue weighted by Gasteiger charge is -2.27. The van der Waals surface area contributed by atoms with Crippen LogP contribution in [0.1, 0.15) is 23.7 Å². The number of anilines is 2. The highest BCUT2D eigenvalue weighted by Crippen LogP contribution is 2.38. The zero-order valence-corrected chi connectivity index (χ0v) is 30.7. The molecule has 0 aliphatic rings. The SMILES string of the molecule is C=C.C=CCc1ccccc1N(CC=C)c1cc(-c2cc(-c3ccccc3)nc(-c3ccccc3)n2)cc(-n2c(C/C=C\C)c(C)c3ccccc32)c1. The molecule has 4 heteroatoms. The van der Waals surface area contributed by atoms with E-state index in [0.717, 1.165) is 58.0 Å². The van der Waals surface area contributed by atoms with Gasteiger partial charge >= 0.3 is 0 Å². The van der Waals surface area contributed by atoms with Gasteiger partial charge < -0.3 is 9.47 Å². The quantitative estimate of drug-likeness (QED) is 0.120. The molecule has 0 spiro atoms. The molecule has 2 heterocycles. The van der Waals surface area contributed by atoms with Crippen LogP contribution < -0.4 is 4.90 Å². The summed E-state index contributed by atoms with van der Waals surface area (Å²) in [5.41, 5.74) is 12.9. The highest BCUT2D eigenvalue weighted by Gasteiger charge is 2.20. The van der Waals surface area contributed by atoms with Crippen molar-refractivity contribution in [2.75, 3.05) is 11.4 Å². The van der Waals surface area contributed by atoms with Crippen molar-refractivity contribution in [2.45, 2.75) is 26.7 Å². The van der Waals surface area contributed by atoms with E-state index in [1.807, 2.05) is 36.4 Å². The molecule has 0 fully saturated rings. The van der Waals surface area contributed by atoms with E-state index in [1.165, 1.54) is 27.7 Å². The predicted octanol–water partition coefficient (Wildman–Crippen LogP) is 12.7. The second kappa shape index (κ2) is 17.1. The van der Waals surface area contributed by atoms with Crippen molar-refractivity contribution < 1.29 is 0 Å². The van der Waals surface area contributed by atoms with Crippen molar-refractivity contribution in [3.63, 3.8) is 0 Å². The lowest BCUT2D eigenvalue weighted by molar-refractivity contribution is 0.984. The maximum absolute atomic E-state index is 5.26. The maximum atomic E-state index is 5.26. The van der Waals surface area contributed by atoms with Crippen LogP contribution in [-0.2, 0) is 12.8 Å². The largest absolute Gasteiger partial charge is 0.337 e. The Labute approximate surface area is 314 Å². The Morgan fingerprint density at radius 3 is 2.00 bits per heavy atom. The zero-order valence-electron chi connectivity index (χ0n) is 30.7. The summed E-state index contributed by atoms with van der Waals surface area (Å²) in [4.78, 5) is 12.7. The molecule has 0 saturated heterocycles. The number of allylic oxidation sites excluding steroid dienone is 3. The number of nitrogens with zero attached hydrogens (tertiary/aromatic N) is 4. The van der Waals surface area contributed by atoms with Gasteiger partial charge in [-0.2, -0.15) is 0 Å². The first-order valence-electron chi connectivity index (χ1n) is 18.0. The molecule has 0 unspecified atom stereocenters. The minimum atomic E-state index is 0.627. The lowest BCUT2D eigenvalue weighted by atomic mass is 10.0. The van der Waals surface area contributed by atoms with E-state index in [1.54, 1.807) is 0 Å². The minimum absolute atomic E-state index is 0.627. The summed E-state index contributed by atoms with van der Waals surface area (Å²) in [5, 5.41) is 1.25. The highest BCUT2D eigenvalue weighted by atomic mass is 15.1. The third-order valence-corrected chi connectivity index (χ3v) is 9.35. The van der Waals surface area contributed by atoms with E-state index in [-0.39, 0.29) is 0 Å². The van der Waals surface area contributed by atoms with Gasteiger partial charge in [-0.15, -0.1) is 26.3 Å². The van der Waals surface area contributed by atoms with Gasteiger partial charge in [0.1, 0.15) is 0 Å². The molecule has 53 heavy (non-hydrogen) atoms. The zero-order chi connectivity index (χ0) is 37.2. The van der Waals surface area contributed by atoms with Gasteiger partial charge in [0.2, 0.25) is 0 Å². The highest BCUT2D eigenvalue weighted by molar-refractivity contribution is 5.88. The number of fused-ring (bicyclic) bond motifs is 1. The fourth-order valence-corrected chi connectivity index (χ4v) is 6.89. The number of hydrogen-bond donors (Lipinski definition) is 0. The Bertz CT molecular complexity index is 2310. The Hall–Kier alpha value is -6.52. The number of benzene rings is 5. The van der Waals surface area contributed by atoms with Crippen LogP contribution in [0.4, 0.5) is 11.4 Å². The fraction of sp³-hybridized carbons (Fsp3) is 0.102. The third kappa shape index (κ3) is 7.73. The molecule has 5 aromatic carbocycles. The van der Waals surface area contributed by atoms with E-state index < -0.39 is 0 Å². The standard InChI is InChI=1S/C47H42N4.C2H4/c1-5-8-26-44-34(4)41-25-16-18-28-46(41)51(44)40-31-38(30-39(32-40)50(29-7-3)45-27-17-15-22-36(45)19-6-2)43-33-42(35-20-11-9-12-21-35)48-47(49-43)37-23-13-10-14-24-37;1-2/h5-18,20-25,27-28,30-33H,2-3,19,26,29H2,1,4H3;1-2H2/b8-5-;. The van der Waals surface area contributed by atoms with E-state index in [0.29, 0.717) is 12.4 Å². The van der Waals surface area contributed by atoms with Crippen LogP contribution in [0.2, 0.25) is 0 Å². The molecule has 4 nitrogen and oxygen atoms in total. The van der Waals surface area contributed by atoms with Crippen LogP contribution in [-0.4, -0.2) is 21.1 Å². The van der Waals surface area contributed by atoms with Crippen molar-refractivity contribution in [1.29, 1.82) is 0 Å². The molecule has 0 bridgehead atoms. The maximum Gasteiger partial charge on any atom is 0.160 e. The molecular formula is C49H46N4. The van der Waals surface area contributed by atoms with Gasteiger partial charge in [-0.1, -0.05) is 121 Å². The van der Waals surface area contributed by atoms with Gasteiger partial charge in [0.25, 0.3) is 0 Å². The average molecular weight is 691 g/mol. The summed E-state index contributed by atoms with van der Waals surface area (Å²) < 4.78 is 2.43. The predicted molar refractivity (Wildman–Crippen MR) is 227 cm³/mol. The van der Waals surface area contributed by atoms with Crippen molar-refractivity contribution in [3.8, 4) is 39.6 Å². The van der Waals surface area contributed by atoms with E-state index in [2.05, 4.69) is 171 Å². The number of aryl methyl sites for hydroxylation is 1.